The molecule has 0 spiro atoms. The Bertz CT molecular complexity index is 694. The summed E-state index contributed by atoms with van der Waals surface area (Å²) in [5.41, 5.74) is 2.15. The molecule has 116 valence electrons. The van der Waals surface area contributed by atoms with Gasteiger partial charge in [-0.2, -0.15) is 0 Å². The fourth-order valence-corrected chi connectivity index (χ4v) is 2.73. The molecule has 2 rings (SSSR count). The highest BCUT2D eigenvalue weighted by Gasteiger charge is 2.21. The van der Waals surface area contributed by atoms with Crippen LogP contribution in [-0.4, -0.2) is 39.5 Å². The number of nitrogens with zero attached hydrogens (tertiary/aromatic N) is 2. The first-order valence-electron chi connectivity index (χ1n) is 6.94. The van der Waals surface area contributed by atoms with Gasteiger partial charge in [0.2, 0.25) is 0 Å². The monoisotopic (exact) mass is 318 g/mol. The lowest BCUT2D eigenvalue weighted by atomic mass is 10.1. The molecule has 0 aliphatic rings. The number of hydrogen-bond donors (Lipinski definition) is 1. The number of amides is 1. The zero-order chi connectivity index (χ0) is 16.3. The van der Waals surface area contributed by atoms with Gasteiger partial charge in [0.15, 0.2) is 0 Å². The van der Waals surface area contributed by atoms with Crippen molar-refractivity contribution in [1.29, 1.82) is 0 Å². The fraction of sp³-hybridized carbons (Fsp3) is 0.312. The normalized spacial score (nSPS) is 10.7. The summed E-state index contributed by atoms with van der Waals surface area (Å²) in [5, 5.41) is 11.9. The van der Waals surface area contributed by atoms with Gasteiger partial charge in [-0.1, -0.05) is 12.1 Å². The van der Waals surface area contributed by atoms with Gasteiger partial charge in [0.25, 0.3) is 5.91 Å². The van der Waals surface area contributed by atoms with Crippen LogP contribution >= 0.6 is 11.3 Å². The van der Waals surface area contributed by atoms with Crippen LogP contribution in [0.1, 0.15) is 29.2 Å². The van der Waals surface area contributed by atoms with E-state index in [1.165, 1.54) is 4.90 Å². The molecule has 1 heterocycles. The van der Waals surface area contributed by atoms with Crippen molar-refractivity contribution in [3.8, 4) is 11.3 Å². The summed E-state index contributed by atoms with van der Waals surface area (Å²) in [6, 6.07) is 6.95. The van der Waals surface area contributed by atoms with E-state index in [9.17, 15) is 9.59 Å². The highest BCUT2D eigenvalue weighted by atomic mass is 32.1. The summed E-state index contributed by atoms with van der Waals surface area (Å²) in [7, 11) is 0. The van der Waals surface area contributed by atoms with E-state index in [2.05, 4.69) is 4.98 Å². The lowest BCUT2D eigenvalue weighted by Gasteiger charge is -2.25. The molecule has 1 aromatic heterocycles. The average Bonchev–Trinajstić information content (AvgIpc) is 2.90. The molecular formula is C16H18N2O3S. The molecular weight excluding hydrogens is 300 g/mol. The lowest BCUT2D eigenvalue weighted by Crippen LogP contribution is -2.40. The molecule has 0 aliphatic carbocycles. The van der Waals surface area contributed by atoms with E-state index < -0.39 is 5.97 Å². The molecule has 0 atom stereocenters. The van der Waals surface area contributed by atoms with Crippen molar-refractivity contribution < 1.29 is 14.7 Å². The molecule has 0 radical (unpaired) electrons. The summed E-state index contributed by atoms with van der Waals surface area (Å²) in [6.45, 7) is 5.22. The maximum absolute atomic E-state index is 12.6. The smallest absolute Gasteiger partial charge is 0.323 e. The molecule has 22 heavy (non-hydrogen) atoms. The number of carbonyl (C=O) groups is 2. The summed E-state index contributed by atoms with van der Waals surface area (Å²) < 4.78 is 0. The summed E-state index contributed by atoms with van der Waals surface area (Å²) in [6.07, 6.45) is 0. The Labute approximate surface area is 133 Å². The van der Waals surface area contributed by atoms with Gasteiger partial charge < -0.3 is 10.0 Å². The Kier molecular flexibility index (Phi) is 4.92. The number of aryl methyl sites for hydroxylation is 1. The standard InChI is InChI=1S/C16H18N2O3S/c1-10(2)18(8-15(19)20)16(21)13-6-4-5-12(7-13)14-9-22-11(3)17-14/h4-7,9-10H,8H2,1-3H3,(H,19,20). The Balaban J connectivity index is 2.31. The van der Waals surface area contributed by atoms with E-state index in [0.29, 0.717) is 5.56 Å². The molecule has 1 aromatic carbocycles. The largest absolute Gasteiger partial charge is 0.480 e. The number of aliphatic carboxylic acids is 1. The van der Waals surface area contributed by atoms with Crippen LogP contribution in [0.4, 0.5) is 0 Å². The van der Waals surface area contributed by atoms with Crippen LogP contribution in [0.3, 0.4) is 0 Å². The van der Waals surface area contributed by atoms with Gasteiger partial charge in [-0.3, -0.25) is 9.59 Å². The van der Waals surface area contributed by atoms with Crippen molar-refractivity contribution in [3.63, 3.8) is 0 Å². The third-order valence-corrected chi connectivity index (χ3v) is 3.99. The van der Waals surface area contributed by atoms with Gasteiger partial charge in [0.1, 0.15) is 6.54 Å². The number of benzene rings is 1. The molecule has 5 nitrogen and oxygen atoms in total. The van der Waals surface area contributed by atoms with Crippen molar-refractivity contribution >= 4 is 23.2 Å². The van der Waals surface area contributed by atoms with E-state index in [0.717, 1.165) is 16.3 Å². The van der Waals surface area contributed by atoms with Crippen molar-refractivity contribution in [2.75, 3.05) is 6.54 Å². The number of aromatic nitrogens is 1. The predicted molar refractivity (Wildman–Crippen MR) is 86.1 cm³/mol. The predicted octanol–water partition coefficient (Wildman–Crippen LogP) is 3.05. The van der Waals surface area contributed by atoms with Crippen LogP contribution in [0, 0.1) is 6.92 Å². The fourth-order valence-electron chi connectivity index (χ4n) is 2.11. The third kappa shape index (κ3) is 3.71. The topological polar surface area (TPSA) is 70.5 Å². The summed E-state index contributed by atoms with van der Waals surface area (Å²) in [5.74, 6) is -1.31. The van der Waals surface area contributed by atoms with E-state index in [1.54, 1.807) is 43.4 Å². The maximum atomic E-state index is 12.6. The van der Waals surface area contributed by atoms with Gasteiger partial charge in [0, 0.05) is 22.5 Å². The number of thiazole rings is 1. The van der Waals surface area contributed by atoms with Crippen LogP contribution in [0.15, 0.2) is 29.6 Å². The second-order valence-corrected chi connectivity index (χ2v) is 6.32. The quantitative estimate of drug-likeness (QED) is 0.920. The molecule has 0 bridgehead atoms. The minimum Gasteiger partial charge on any atom is -0.480 e. The number of carbonyl (C=O) groups excluding carboxylic acids is 1. The Morgan fingerprint density at radius 2 is 2.09 bits per heavy atom. The van der Waals surface area contributed by atoms with Crippen molar-refractivity contribution in [1.82, 2.24) is 9.88 Å². The first-order valence-corrected chi connectivity index (χ1v) is 7.81. The molecule has 1 amide bonds. The highest BCUT2D eigenvalue weighted by molar-refractivity contribution is 7.09. The Morgan fingerprint density at radius 1 is 1.36 bits per heavy atom. The van der Waals surface area contributed by atoms with Gasteiger partial charge >= 0.3 is 5.97 Å². The summed E-state index contributed by atoms with van der Waals surface area (Å²) in [4.78, 5) is 29.2. The van der Waals surface area contributed by atoms with E-state index in [-0.39, 0.29) is 18.5 Å². The molecule has 0 fully saturated rings. The molecule has 0 saturated heterocycles. The Hall–Kier alpha value is -2.21. The number of carboxylic acids is 1. The van der Waals surface area contributed by atoms with Gasteiger partial charge in [-0.05, 0) is 32.9 Å². The van der Waals surface area contributed by atoms with Crippen LogP contribution in [-0.2, 0) is 4.79 Å². The van der Waals surface area contributed by atoms with Crippen molar-refractivity contribution in [2.24, 2.45) is 0 Å². The SMILES string of the molecule is Cc1nc(-c2cccc(C(=O)N(CC(=O)O)C(C)C)c2)cs1. The minimum absolute atomic E-state index is 0.186. The van der Waals surface area contributed by atoms with Gasteiger partial charge in [-0.15, -0.1) is 11.3 Å². The molecule has 0 unspecified atom stereocenters. The highest BCUT2D eigenvalue weighted by Crippen LogP contribution is 2.23. The van der Waals surface area contributed by atoms with Crippen LogP contribution in [0.25, 0.3) is 11.3 Å². The second kappa shape index (κ2) is 6.70. The van der Waals surface area contributed by atoms with Crippen LogP contribution in [0.5, 0.6) is 0 Å². The lowest BCUT2D eigenvalue weighted by molar-refractivity contribution is -0.138. The van der Waals surface area contributed by atoms with Gasteiger partial charge in [0.05, 0.1) is 10.7 Å². The minimum atomic E-state index is -1.02. The molecule has 6 heteroatoms. The Morgan fingerprint density at radius 3 is 2.64 bits per heavy atom. The first kappa shape index (κ1) is 16.2. The molecule has 0 saturated carbocycles. The van der Waals surface area contributed by atoms with Crippen molar-refractivity contribution in [2.45, 2.75) is 26.8 Å². The first-order chi connectivity index (χ1) is 10.4. The van der Waals surface area contributed by atoms with E-state index in [4.69, 9.17) is 5.11 Å². The summed E-state index contributed by atoms with van der Waals surface area (Å²) >= 11 is 1.55. The van der Waals surface area contributed by atoms with Crippen LogP contribution in [0.2, 0.25) is 0 Å². The maximum Gasteiger partial charge on any atom is 0.323 e. The number of rotatable bonds is 5. The number of carboxylic acid groups (broad SMARTS) is 1. The van der Waals surface area contributed by atoms with Gasteiger partial charge in [-0.25, -0.2) is 4.98 Å². The second-order valence-electron chi connectivity index (χ2n) is 5.25. The number of hydrogen-bond acceptors (Lipinski definition) is 4. The van der Waals surface area contributed by atoms with E-state index >= 15 is 0 Å². The van der Waals surface area contributed by atoms with E-state index in [1.807, 2.05) is 18.4 Å². The molecule has 0 aliphatic heterocycles. The zero-order valence-corrected chi connectivity index (χ0v) is 13.6. The van der Waals surface area contributed by atoms with Crippen molar-refractivity contribution in [3.05, 3.63) is 40.2 Å². The average molecular weight is 318 g/mol. The zero-order valence-electron chi connectivity index (χ0n) is 12.7. The van der Waals surface area contributed by atoms with Crippen LogP contribution < -0.4 is 0 Å². The third-order valence-electron chi connectivity index (χ3n) is 3.21. The molecule has 2 aromatic rings. The molecule has 1 N–H and O–H groups in total.